The molecule has 0 amide bonds. The number of aliphatic hydroxyl groups excluding tert-OH is 1. The molecule has 7 nitrogen and oxygen atoms in total. The van der Waals surface area contributed by atoms with Crippen molar-refractivity contribution in [1.82, 2.24) is 9.55 Å². The first kappa shape index (κ1) is 24.9. The van der Waals surface area contributed by atoms with E-state index in [1.165, 1.54) is 24.8 Å². The van der Waals surface area contributed by atoms with Crippen molar-refractivity contribution in [3.63, 3.8) is 0 Å². The molecule has 2 atom stereocenters. The van der Waals surface area contributed by atoms with Crippen LogP contribution in [0.25, 0.3) is 0 Å². The zero-order valence-electron chi connectivity index (χ0n) is 17.7. The number of carbonyl (C=O) groups is 2. The summed E-state index contributed by atoms with van der Waals surface area (Å²) < 4.78 is 1.87. The van der Waals surface area contributed by atoms with Gasteiger partial charge in [0.15, 0.2) is 6.10 Å². The number of hydrogen-bond donors (Lipinski definition) is 3. The van der Waals surface area contributed by atoms with E-state index in [0.717, 1.165) is 37.4 Å². The van der Waals surface area contributed by atoms with Crippen molar-refractivity contribution in [2.75, 3.05) is 5.75 Å². The van der Waals surface area contributed by atoms with Crippen molar-refractivity contribution in [3.8, 4) is 0 Å². The van der Waals surface area contributed by atoms with Crippen molar-refractivity contribution in [3.05, 3.63) is 54.1 Å². The van der Waals surface area contributed by atoms with Crippen LogP contribution < -0.4 is 0 Å². The lowest BCUT2D eigenvalue weighted by atomic mass is 10.0. The highest BCUT2D eigenvalue weighted by Crippen LogP contribution is 2.32. The number of aliphatic carboxylic acids is 2. The number of thioether (sulfide) groups is 1. The molecule has 1 aromatic heterocycles. The van der Waals surface area contributed by atoms with Crippen molar-refractivity contribution in [2.24, 2.45) is 0 Å². The maximum absolute atomic E-state index is 11.3. The summed E-state index contributed by atoms with van der Waals surface area (Å²) in [5, 5.41) is 27.3. The molecule has 31 heavy (non-hydrogen) atoms. The lowest BCUT2D eigenvalue weighted by molar-refractivity contribution is -0.146. The third kappa shape index (κ3) is 9.14. The van der Waals surface area contributed by atoms with Gasteiger partial charge in [-0.1, -0.05) is 56.0 Å². The zero-order chi connectivity index (χ0) is 22.5. The molecule has 170 valence electrons. The summed E-state index contributed by atoms with van der Waals surface area (Å²) in [6.07, 6.45) is 9.51. The maximum atomic E-state index is 11.3. The van der Waals surface area contributed by atoms with E-state index in [1.54, 1.807) is 12.4 Å². The quantitative estimate of drug-likeness (QED) is 0.331. The minimum absolute atomic E-state index is 0.0987. The third-order valence-electron chi connectivity index (χ3n) is 5.11. The number of rotatable bonds is 16. The number of carboxylic acids is 2. The molecule has 0 saturated carbocycles. The Bertz CT molecular complexity index is 796. The van der Waals surface area contributed by atoms with E-state index >= 15 is 0 Å². The Balaban J connectivity index is 1.73. The molecule has 0 unspecified atom stereocenters. The first-order valence-corrected chi connectivity index (χ1v) is 11.8. The molecule has 0 aliphatic rings. The normalized spacial score (nSPS) is 13.1. The van der Waals surface area contributed by atoms with Gasteiger partial charge in [0.25, 0.3) is 0 Å². The van der Waals surface area contributed by atoms with Gasteiger partial charge < -0.3 is 19.9 Å². The molecular formula is C23H32N2O5S. The van der Waals surface area contributed by atoms with E-state index < -0.39 is 23.3 Å². The molecule has 0 aliphatic heterocycles. The first-order valence-electron chi connectivity index (χ1n) is 10.8. The van der Waals surface area contributed by atoms with Crippen LogP contribution in [0.1, 0.15) is 61.6 Å². The van der Waals surface area contributed by atoms with Gasteiger partial charge in [0.1, 0.15) is 5.82 Å². The highest BCUT2D eigenvalue weighted by Gasteiger charge is 2.31. The number of aromatic nitrogens is 2. The lowest BCUT2D eigenvalue weighted by Crippen LogP contribution is -2.28. The number of nitrogens with zero attached hydrogens (tertiary/aromatic N) is 2. The molecule has 0 bridgehead atoms. The van der Waals surface area contributed by atoms with Crippen LogP contribution in [0.4, 0.5) is 0 Å². The van der Waals surface area contributed by atoms with Crippen LogP contribution in [-0.4, -0.2) is 48.7 Å². The number of hydrogen-bond acceptors (Lipinski definition) is 5. The van der Waals surface area contributed by atoms with Gasteiger partial charge in [-0.15, -0.1) is 11.8 Å². The molecule has 0 spiro atoms. The molecule has 1 aromatic carbocycles. The standard InChI is InChI=1S/C23H32N2O5S/c26-19(27)13-17-31-21(20(28)23(29)30)22-24-14-16-25(22)15-9-4-2-1-3-6-10-18-11-7-5-8-12-18/h5,7-8,11-12,14,16,20-21,28H,1-4,6,9-10,13,15,17H2,(H,26,27)(H,29,30)/t20-,21+/m1/s1. The number of unbranched alkanes of at least 4 members (excludes halogenated alkanes) is 5. The highest BCUT2D eigenvalue weighted by atomic mass is 32.2. The van der Waals surface area contributed by atoms with E-state index in [0.29, 0.717) is 12.4 Å². The number of aliphatic hydroxyl groups is 1. The molecule has 8 heteroatoms. The van der Waals surface area contributed by atoms with Crippen LogP contribution in [0.5, 0.6) is 0 Å². The van der Waals surface area contributed by atoms with Crippen LogP contribution in [0.15, 0.2) is 42.7 Å². The number of benzene rings is 1. The summed E-state index contributed by atoms with van der Waals surface area (Å²) in [6.45, 7) is 0.696. The third-order valence-corrected chi connectivity index (χ3v) is 6.38. The second-order valence-corrected chi connectivity index (χ2v) is 8.80. The predicted molar refractivity (Wildman–Crippen MR) is 121 cm³/mol. The molecular weight excluding hydrogens is 416 g/mol. The predicted octanol–water partition coefficient (Wildman–Crippen LogP) is 4.16. The first-order chi connectivity index (χ1) is 15.0. The van der Waals surface area contributed by atoms with E-state index in [2.05, 4.69) is 29.2 Å². The van der Waals surface area contributed by atoms with Gasteiger partial charge in [-0.3, -0.25) is 4.79 Å². The Morgan fingerprint density at radius 1 is 1.00 bits per heavy atom. The van der Waals surface area contributed by atoms with E-state index in [-0.39, 0.29) is 12.2 Å². The smallest absolute Gasteiger partial charge is 0.334 e. The van der Waals surface area contributed by atoms with Gasteiger partial charge in [-0.05, 0) is 24.8 Å². The average Bonchev–Trinajstić information content (AvgIpc) is 3.21. The van der Waals surface area contributed by atoms with Crippen molar-refractivity contribution in [2.45, 2.75) is 69.3 Å². The van der Waals surface area contributed by atoms with Gasteiger partial charge >= 0.3 is 11.9 Å². The summed E-state index contributed by atoms with van der Waals surface area (Å²) in [5.41, 5.74) is 1.38. The number of aryl methyl sites for hydroxylation is 2. The van der Waals surface area contributed by atoms with Gasteiger partial charge in [-0.25, -0.2) is 9.78 Å². The molecule has 2 rings (SSSR count). The van der Waals surface area contributed by atoms with Crippen molar-refractivity contribution in [1.29, 1.82) is 0 Å². The lowest BCUT2D eigenvalue weighted by Gasteiger charge is -2.20. The van der Waals surface area contributed by atoms with Crippen LogP contribution in [0.2, 0.25) is 0 Å². The molecule has 2 aromatic rings. The molecule has 0 saturated heterocycles. The number of carboxylic acid groups (broad SMARTS) is 2. The summed E-state index contributed by atoms with van der Waals surface area (Å²) in [6, 6.07) is 10.5. The Morgan fingerprint density at radius 3 is 2.35 bits per heavy atom. The van der Waals surface area contributed by atoms with E-state index in [9.17, 15) is 19.8 Å². The summed E-state index contributed by atoms with van der Waals surface area (Å²) >= 11 is 1.11. The molecule has 3 N–H and O–H groups in total. The topological polar surface area (TPSA) is 113 Å². The maximum Gasteiger partial charge on any atom is 0.334 e. The molecule has 0 aliphatic carbocycles. The minimum Gasteiger partial charge on any atom is -0.481 e. The zero-order valence-corrected chi connectivity index (χ0v) is 18.5. The SMILES string of the molecule is O=C(O)CCS[C@H](c1nccn1CCCCCCCCc1ccccc1)[C@@H](O)C(=O)O. The van der Waals surface area contributed by atoms with Crippen LogP contribution in [-0.2, 0) is 22.6 Å². The fourth-order valence-corrected chi connectivity index (χ4v) is 4.63. The summed E-state index contributed by atoms with van der Waals surface area (Å²) in [4.78, 5) is 26.3. The molecule has 0 radical (unpaired) electrons. The Hall–Kier alpha value is -2.32. The highest BCUT2D eigenvalue weighted by molar-refractivity contribution is 7.99. The van der Waals surface area contributed by atoms with Crippen LogP contribution >= 0.6 is 11.8 Å². The average molecular weight is 449 g/mol. The van der Waals surface area contributed by atoms with Gasteiger partial charge in [0, 0.05) is 24.7 Å². The van der Waals surface area contributed by atoms with Crippen molar-refractivity contribution < 1.29 is 24.9 Å². The van der Waals surface area contributed by atoms with E-state index in [4.69, 9.17) is 5.11 Å². The number of imidazole rings is 1. The monoisotopic (exact) mass is 448 g/mol. The Morgan fingerprint density at radius 2 is 1.68 bits per heavy atom. The minimum atomic E-state index is -1.63. The Labute approximate surface area is 187 Å². The largest absolute Gasteiger partial charge is 0.481 e. The summed E-state index contributed by atoms with van der Waals surface area (Å²) in [7, 11) is 0. The Kier molecular flexibility index (Phi) is 11.2. The van der Waals surface area contributed by atoms with E-state index in [1.807, 2.05) is 10.6 Å². The van der Waals surface area contributed by atoms with Crippen molar-refractivity contribution >= 4 is 23.7 Å². The van der Waals surface area contributed by atoms with Crippen LogP contribution in [0, 0.1) is 0 Å². The fraction of sp³-hybridized carbons (Fsp3) is 0.522. The molecule has 1 heterocycles. The second kappa shape index (κ2) is 13.9. The molecule has 0 fully saturated rings. The van der Waals surface area contributed by atoms with Gasteiger partial charge in [0.2, 0.25) is 0 Å². The van der Waals surface area contributed by atoms with Gasteiger partial charge in [0.05, 0.1) is 11.7 Å². The van der Waals surface area contributed by atoms with Crippen LogP contribution in [0.3, 0.4) is 0 Å². The fourth-order valence-electron chi connectivity index (χ4n) is 3.44. The second-order valence-electron chi connectivity index (χ2n) is 7.55. The van der Waals surface area contributed by atoms with Gasteiger partial charge in [-0.2, -0.15) is 0 Å². The summed E-state index contributed by atoms with van der Waals surface area (Å²) in [5.74, 6) is -1.60.